The Morgan fingerprint density at radius 2 is 1.31 bits per heavy atom. The van der Waals surface area contributed by atoms with Gasteiger partial charge < -0.3 is 15.4 Å². The average Bonchev–Trinajstić information content (AvgIpc) is 2.95. The van der Waals surface area contributed by atoms with Gasteiger partial charge in [0.05, 0.1) is 0 Å². The number of carbonyl (C=O) groups is 1. The van der Waals surface area contributed by atoms with Crippen molar-refractivity contribution in [2.75, 3.05) is 0 Å². The maximum atomic E-state index is 12.8. The molecule has 0 heterocycles. The number of para-hydroxylation sites is 1. The van der Waals surface area contributed by atoms with E-state index in [2.05, 4.69) is 85.8 Å². The second-order valence-corrected chi connectivity index (χ2v) is 11.2. The van der Waals surface area contributed by atoms with Gasteiger partial charge >= 0.3 is 0 Å². The van der Waals surface area contributed by atoms with Crippen molar-refractivity contribution in [3.63, 3.8) is 0 Å². The predicted molar refractivity (Wildman–Crippen MR) is 166 cm³/mol. The Morgan fingerprint density at radius 1 is 0.718 bits per heavy atom. The molecule has 0 radical (unpaired) electrons. The van der Waals surface area contributed by atoms with E-state index in [0.29, 0.717) is 25.2 Å². The molecule has 0 aromatic heterocycles. The van der Waals surface area contributed by atoms with Crippen molar-refractivity contribution < 1.29 is 9.53 Å². The number of hydrogen-bond acceptors (Lipinski definition) is 3. The number of carbonyl (C=O) groups excluding carboxylic acids is 1. The minimum atomic E-state index is -0.0965. The Hall–Kier alpha value is -2.93. The van der Waals surface area contributed by atoms with Crippen LogP contribution in [0, 0.1) is 0 Å². The zero-order valence-corrected chi connectivity index (χ0v) is 25.4. The second kappa shape index (κ2) is 15.0. The van der Waals surface area contributed by atoms with Gasteiger partial charge in [-0.1, -0.05) is 106 Å². The van der Waals surface area contributed by atoms with Crippen molar-refractivity contribution in [3.8, 4) is 11.5 Å². The van der Waals surface area contributed by atoms with Crippen molar-refractivity contribution >= 4 is 37.8 Å². The summed E-state index contributed by atoms with van der Waals surface area (Å²) in [5.41, 5.74) is 5.29. The van der Waals surface area contributed by atoms with E-state index < -0.39 is 0 Å². The van der Waals surface area contributed by atoms with Gasteiger partial charge in [0.15, 0.2) is 0 Å². The first-order chi connectivity index (χ1) is 19.0. The number of hydrogen-bond donors (Lipinski definition) is 2. The highest BCUT2D eigenvalue weighted by Gasteiger charge is 2.13. The highest BCUT2D eigenvalue weighted by molar-refractivity contribution is 9.11. The number of halogens is 2. The van der Waals surface area contributed by atoms with Crippen molar-refractivity contribution in [3.05, 3.63) is 128 Å². The monoisotopic (exact) mass is 648 g/mol. The number of nitrogens with one attached hydrogen (secondary N) is 2. The number of ether oxygens (including phenoxy) is 1. The van der Waals surface area contributed by atoms with Crippen LogP contribution in [-0.2, 0) is 26.1 Å². The van der Waals surface area contributed by atoms with Gasteiger partial charge in [-0.05, 0) is 71.5 Å². The summed E-state index contributed by atoms with van der Waals surface area (Å²) < 4.78 is 7.64. The molecule has 0 aliphatic rings. The molecule has 4 rings (SSSR count). The van der Waals surface area contributed by atoms with E-state index >= 15 is 0 Å². The standard InChI is InChI=1S/C33H34Br2N2O2/c1-2-3-5-8-24-11-13-26(14-12-24)22-37-33(38)27-19-31(34)30(32(35)20-27)23-36-21-25-15-17-29(18-16-25)39-28-9-6-4-7-10-28/h4,6-7,9-20,36H,2-3,5,8,21-23H2,1H3,(H,37,38). The van der Waals surface area contributed by atoms with Crippen LogP contribution in [0.3, 0.4) is 0 Å². The molecule has 0 saturated carbocycles. The van der Waals surface area contributed by atoms with Crippen molar-refractivity contribution in [2.45, 2.75) is 52.2 Å². The van der Waals surface area contributed by atoms with Crippen LogP contribution in [0.25, 0.3) is 0 Å². The number of amides is 1. The fourth-order valence-corrected chi connectivity index (χ4v) is 5.69. The highest BCUT2D eigenvalue weighted by Crippen LogP contribution is 2.28. The van der Waals surface area contributed by atoms with Gasteiger partial charge in [-0.15, -0.1) is 0 Å². The van der Waals surface area contributed by atoms with Gasteiger partial charge in [0.1, 0.15) is 11.5 Å². The fourth-order valence-electron chi connectivity index (χ4n) is 4.22. The minimum absolute atomic E-state index is 0.0965. The molecular formula is C33H34Br2N2O2. The van der Waals surface area contributed by atoms with Crippen LogP contribution in [0.5, 0.6) is 11.5 Å². The molecule has 4 aromatic carbocycles. The van der Waals surface area contributed by atoms with Crippen LogP contribution in [0.15, 0.2) is 99.9 Å². The lowest BCUT2D eigenvalue weighted by Crippen LogP contribution is -2.23. The van der Waals surface area contributed by atoms with E-state index in [1.165, 1.54) is 24.8 Å². The van der Waals surface area contributed by atoms with Gasteiger partial charge in [-0.25, -0.2) is 0 Å². The Morgan fingerprint density at radius 3 is 1.97 bits per heavy atom. The summed E-state index contributed by atoms with van der Waals surface area (Å²) in [6, 6.07) is 30.1. The lowest BCUT2D eigenvalue weighted by atomic mass is 10.1. The van der Waals surface area contributed by atoms with Crippen LogP contribution in [-0.4, -0.2) is 5.91 Å². The molecule has 0 unspecified atom stereocenters. The zero-order valence-electron chi connectivity index (χ0n) is 22.2. The Bertz CT molecular complexity index is 1320. The smallest absolute Gasteiger partial charge is 0.251 e. The molecule has 0 aliphatic heterocycles. The zero-order chi connectivity index (χ0) is 27.5. The van der Waals surface area contributed by atoms with Gasteiger partial charge in [0.2, 0.25) is 0 Å². The first-order valence-electron chi connectivity index (χ1n) is 13.4. The summed E-state index contributed by atoms with van der Waals surface area (Å²) in [6.07, 6.45) is 4.82. The summed E-state index contributed by atoms with van der Waals surface area (Å²) in [6.45, 7) is 4.08. The molecule has 0 bridgehead atoms. The summed E-state index contributed by atoms with van der Waals surface area (Å²) in [4.78, 5) is 12.8. The van der Waals surface area contributed by atoms with Crippen LogP contribution >= 0.6 is 31.9 Å². The van der Waals surface area contributed by atoms with Crippen LogP contribution in [0.1, 0.15) is 58.8 Å². The number of aryl methyl sites for hydroxylation is 1. The first kappa shape index (κ1) is 29.1. The normalized spacial score (nSPS) is 10.8. The van der Waals surface area contributed by atoms with Crippen molar-refractivity contribution in [1.29, 1.82) is 0 Å². The third kappa shape index (κ3) is 9.06. The molecule has 0 aliphatic carbocycles. The van der Waals surface area contributed by atoms with Crippen LogP contribution < -0.4 is 15.4 Å². The third-order valence-electron chi connectivity index (χ3n) is 6.48. The number of benzene rings is 4. The lowest BCUT2D eigenvalue weighted by molar-refractivity contribution is 0.0950. The maximum absolute atomic E-state index is 12.8. The highest BCUT2D eigenvalue weighted by atomic mass is 79.9. The van der Waals surface area contributed by atoms with E-state index in [1.54, 1.807) is 0 Å². The van der Waals surface area contributed by atoms with Gasteiger partial charge in [0, 0.05) is 34.1 Å². The van der Waals surface area contributed by atoms with Gasteiger partial charge in [0.25, 0.3) is 5.91 Å². The van der Waals surface area contributed by atoms with E-state index in [0.717, 1.165) is 43.6 Å². The quantitative estimate of drug-likeness (QED) is 0.142. The molecule has 4 aromatic rings. The molecule has 0 saturated heterocycles. The summed E-state index contributed by atoms with van der Waals surface area (Å²) in [5, 5.41) is 6.52. The maximum Gasteiger partial charge on any atom is 0.251 e. The van der Waals surface area contributed by atoms with Gasteiger partial charge in [-0.3, -0.25) is 4.79 Å². The third-order valence-corrected chi connectivity index (χ3v) is 7.90. The van der Waals surface area contributed by atoms with Gasteiger partial charge in [-0.2, -0.15) is 0 Å². The molecule has 0 spiro atoms. The summed E-state index contributed by atoms with van der Waals surface area (Å²) in [7, 11) is 0. The largest absolute Gasteiger partial charge is 0.457 e. The molecule has 0 atom stereocenters. The summed E-state index contributed by atoms with van der Waals surface area (Å²) in [5.74, 6) is 1.53. The minimum Gasteiger partial charge on any atom is -0.457 e. The van der Waals surface area contributed by atoms with Crippen LogP contribution in [0.4, 0.5) is 0 Å². The molecule has 4 nitrogen and oxygen atoms in total. The fraction of sp³-hybridized carbons (Fsp3) is 0.242. The van der Waals surface area contributed by atoms with E-state index in [-0.39, 0.29) is 5.91 Å². The molecule has 2 N–H and O–H groups in total. The Kier molecular flexibility index (Phi) is 11.2. The second-order valence-electron chi connectivity index (χ2n) is 9.54. The summed E-state index contributed by atoms with van der Waals surface area (Å²) >= 11 is 7.31. The Balaban J connectivity index is 1.26. The molecule has 0 fully saturated rings. The topological polar surface area (TPSA) is 50.4 Å². The molecule has 6 heteroatoms. The molecular weight excluding hydrogens is 616 g/mol. The van der Waals surface area contributed by atoms with E-state index in [1.807, 2.05) is 54.6 Å². The predicted octanol–water partition coefficient (Wildman–Crippen LogP) is 8.96. The Labute approximate surface area is 248 Å². The van der Waals surface area contributed by atoms with Crippen molar-refractivity contribution in [2.24, 2.45) is 0 Å². The molecule has 39 heavy (non-hydrogen) atoms. The molecule has 202 valence electrons. The number of unbranched alkanes of at least 4 members (excludes halogenated alkanes) is 2. The lowest BCUT2D eigenvalue weighted by Gasteiger charge is -2.13. The van der Waals surface area contributed by atoms with Crippen molar-refractivity contribution in [1.82, 2.24) is 10.6 Å². The van der Waals surface area contributed by atoms with E-state index in [9.17, 15) is 4.79 Å². The molecule has 1 amide bonds. The van der Waals surface area contributed by atoms with Crippen LogP contribution in [0.2, 0.25) is 0 Å². The SMILES string of the molecule is CCCCCc1ccc(CNC(=O)c2cc(Br)c(CNCc3ccc(Oc4ccccc4)cc3)c(Br)c2)cc1. The van der Waals surface area contributed by atoms with E-state index in [4.69, 9.17) is 4.74 Å². The average molecular weight is 650 g/mol. The number of rotatable bonds is 13. The first-order valence-corrected chi connectivity index (χ1v) is 15.0.